The van der Waals surface area contributed by atoms with Gasteiger partial charge in [0.15, 0.2) is 0 Å². The van der Waals surface area contributed by atoms with Crippen LogP contribution in [0.4, 0.5) is 0 Å². The molecule has 1 aliphatic heterocycles. The predicted molar refractivity (Wildman–Crippen MR) is 109 cm³/mol. The lowest BCUT2D eigenvalue weighted by molar-refractivity contribution is -0.131. The van der Waals surface area contributed by atoms with Crippen LogP contribution in [0.15, 0.2) is 61.2 Å². The Hall–Kier alpha value is -2.79. The van der Waals surface area contributed by atoms with Crippen molar-refractivity contribution >= 4 is 17.5 Å². The number of carbonyl (C=O) groups excluding carboxylic acids is 1. The van der Waals surface area contributed by atoms with Gasteiger partial charge in [-0.2, -0.15) is 0 Å². The van der Waals surface area contributed by atoms with Crippen molar-refractivity contribution in [2.45, 2.75) is 25.2 Å². The highest BCUT2D eigenvalue weighted by molar-refractivity contribution is 6.30. The lowest BCUT2D eigenvalue weighted by Crippen LogP contribution is -2.39. The molecular weight excluding hydrogens is 372 g/mol. The number of piperidine rings is 1. The summed E-state index contributed by atoms with van der Waals surface area (Å²) in [6, 6.07) is 11.4. The zero-order chi connectivity index (χ0) is 19.3. The Morgan fingerprint density at radius 3 is 2.61 bits per heavy atom. The molecule has 0 atom stereocenters. The summed E-state index contributed by atoms with van der Waals surface area (Å²) in [5.41, 5.74) is 3.78. The molecule has 0 radical (unpaired) electrons. The number of halogens is 1. The zero-order valence-electron chi connectivity index (χ0n) is 15.5. The highest BCUT2D eigenvalue weighted by Crippen LogP contribution is 2.28. The molecule has 1 saturated heterocycles. The standard InChI is InChI=1S/C22H21ClN4O/c23-19-3-1-2-18(13-19)21-15-25-14-20(26-21)17-6-10-27(11-7-17)22(28)12-16-4-8-24-9-5-16/h1-5,8-9,13-15,17H,6-7,10-12H2. The molecule has 5 nitrogen and oxygen atoms in total. The lowest BCUT2D eigenvalue weighted by Gasteiger charge is -2.31. The van der Waals surface area contributed by atoms with Gasteiger partial charge in [0.25, 0.3) is 0 Å². The van der Waals surface area contributed by atoms with Gasteiger partial charge in [0.1, 0.15) is 0 Å². The average molecular weight is 393 g/mol. The van der Waals surface area contributed by atoms with Crippen molar-refractivity contribution in [1.29, 1.82) is 0 Å². The van der Waals surface area contributed by atoms with E-state index in [1.165, 1.54) is 0 Å². The van der Waals surface area contributed by atoms with Gasteiger partial charge in [-0.05, 0) is 42.7 Å². The molecule has 3 heterocycles. The van der Waals surface area contributed by atoms with Crippen LogP contribution in [0.25, 0.3) is 11.3 Å². The largest absolute Gasteiger partial charge is 0.342 e. The molecule has 0 saturated carbocycles. The number of rotatable bonds is 4. The molecule has 1 fully saturated rings. The van der Waals surface area contributed by atoms with Gasteiger partial charge in [-0.3, -0.25) is 14.8 Å². The molecule has 0 N–H and O–H groups in total. The number of hydrogen-bond donors (Lipinski definition) is 0. The van der Waals surface area contributed by atoms with Crippen molar-refractivity contribution in [3.05, 3.63) is 77.5 Å². The van der Waals surface area contributed by atoms with E-state index in [1.807, 2.05) is 47.5 Å². The van der Waals surface area contributed by atoms with Gasteiger partial charge in [-0.1, -0.05) is 23.7 Å². The maximum absolute atomic E-state index is 12.5. The van der Waals surface area contributed by atoms with Crippen LogP contribution in [-0.4, -0.2) is 38.8 Å². The molecule has 1 aromatic carbocycles. The third kappa shape index (κ3) is 4.37. The maximum Gasteiger partial charge on any atom is 0.226 e. The van der Waals surface area contributed by atoms with E-state index in [9.17, 15) is 4.79 Å². The van der Waals surface area contributed by atoms with E-state index in [2.05, 4.69) is 9.97 Å². The summed E-state index contributed by atoms with van der Waals surface area (Å²) in [4.78, 5) is 27.7. The van der Waals surface area contributed by atoms with E-state index in [0.717, 1.165) is 48.4 Å². The van der Waals surface area contributed by atoms with E-state index >= 15 is 0 Å². The number of carbonyl (C=O) groups is 1. The molecule has 0 aliphatic carbocycles. The molecule has 142 valence electrons. The number of pyridine rings is 1. The van der Waals surface area contributed by atoms with E-state index in [0.29, 0.717) is 17.4 Å². The number of nitrogens with zero attached hydrogens (tertiary/aromatic N) is 4. The van der Waals surface area contributed by atoms with Gasteiger partial charge in [0.2, 0.25) is 5.91 Å². The summed E-state index contributed by atoms with van der Waals surface area (Å²) in [7, 11) is 0. The van der Waals surface area contributed by atoms with Gasteiger partial charge < -0.3 is 4.90 Å². The number of likely N-dealkylation sites (tertiary alicyclic amines) is 1. The van der Waals surface area contributed by atoms with E-state index in [1.54, 1.807) is 18.6 Å². The Morgan fingerprint density at radius 2 is 1.86 bits per heavy atom. The number of amides is 1. The summed E-state index contributed by atoms with van der Waals surface area (Å²) in [5, 5.41) is 0.686. The minimum atomic E-state index is 0.170. The molecule has 0 spiro atoms. The van der Waals surface area contributed by atoms with Gasteiger partial charge in [-0.25, -0.2) is 4.98 Å². The summed E-state index contributed by atoms with van der Waals surface area (Å²) in [6.45, 7) is 1.50. The maximum atomic E-state index is 12.5. The Bertz CT molecular complexity index is 956. The molecule has 6 heteroatoms. The van der Waals surface area contributed by atoms with Crippen molar-refractivity contribution in [1.82, 2.24) is 19.9 Å². The summed E-state index contributed by atoms with van der Waals surface area (Å²) in [6.07, 6.45) is 9.28. The van der Waals surface area contributed by atoms with Crippen LogP contribution in [0.3, 0.4) is 0 Å². The SMILES string of the molecule is O=C(Cc1ccncc1)N1CCC(c2cncc(-c3cccc(Cl)c3)n2)CC1. The first-order valence-electron chi connectivity index (χ1n) is 9.43. The van der Waals surface area contributed by atoms with Crippen molar-refractivity contribution in [2.24, 2.45) is 0 Å². The van der Waals surface area contributed by atoms with Crippen LogP contribution >= 0.6 is 11.6 Å². The monoisotopic (exact) mass is 392 g/mol. The topological polar surface area (TPSA) is 59.0 Å². The molecule has 3 aromatic rings. The van der Waals surface area contributed by atoms with Crippen LogP contribution in [-0.2, 0) is 11.2 Å². The second-order valence-corrected chi connectivity index (χ2v) is 7.46. The Balaban J connectivity index is 1.40. The molecule has 1 amide bonds. The van der Waals surface area contributed by atoms with Crippen molar-refractivity contribution in [2.75, 3.05) is 13.1 Å². The normalized spacial score (nSPS) is 14.8. The Labute approximate surface area is 169 Å². The second kappa shape index (κ2) is 8.48. The molecule has 0 unspecified atom stereocenters. The van der Waals surface area contributed by atoms with Crippen LogP contribution in [0.5, 0.6) is 0 Å². The first-order chi connectivity index (χ1) is 13.7. The van der Waals surface area contributed by atoms with Crippen LogP contribution in [0.1, 0.15) is 30.0 Å². The quantitative estimate of drug-likeness (QED) is 0.669. The van der Waals surface area contributed by atoms with Gasteiger partial charge in [0.05, 0.1) is 24.0 Å². The van der Waals surface area contributed by atoms with E-state index in [-0.39, 0.29) is 5.91 Å². The Kier molecular flexibility index (Phi) is 5.63. The molecular formula is C22H21ClN4O. The molecule has 0 bridgehead atoms. The van der Waals surface area contributed by atoms with Gasteiger partial charge in [0, 0.05) is 48.2 Å². The van der Waals surface area contributed by atoms with Gasteiger partial charge in [-0.15, -0.1) is 0 Å². The third-order valence-electron chi connectivity index (χ3n) is 5.14. The molecule has 2 aromatic heterocycles. The van der Waals surface area contributed by atoms with Crippen LogP contribution in [0, 0.1) is 0 Å². The van der Waals surface area contributed by atoms with Gasteiger partial charge >= 0.3 is 0 Å². The number of hydrogen-bond acceptors (Lipinski definition) is 4. The van der Waals surface area contributed by atoms with Crippen LogP contribution < -0.4 is 0 Å². The number of benzene rings is 1. The smallest absolute Gasteiger partial charge is 0.226 e. The Morgan fingerprint density at radius 1 is 1.07 bits per heavy atom. The minimum Gasteiger partial charge on any atom is -0.342 e. The van der Waals surface area contributed by atoms with E-state index in [4.69, 9.17) is 16.6 Å². The fourth-order valence-corrected chi connectivity index (χ4v) is 3.77. The lowest BCUT2D eigenvalue weighted by atomic mass is 9.93. The molecule has 1 aliphatic rings. The molecule has 28 heavy (non-hydrogen) atoms. The highest BCUT2D eigenvalue weighted by Gasteiger charge is 2.25. The third-order valence-corrected chi connectivity index (χ3v) is 5.38. The summed E-state index contributed by atoms with van der Waals surface area (Å²) in [5.74, 6) is 0.486. The summed E-state index contributed by atoms with van der Waals surface area (Å²) >= 11 is 6.10. The fraction of sp³-hybridized carbons (Fsp3) is 0.273. The van der Waals surface area contributed by atoms with Crippen LogP contribution in [0.2, 0.25) is 5.02 Å². The highest BCUT2D eigenvalue weighted by atomic mass is 35.5. The zero-order valence-corrected chi connectivity index (χ0v) is 16.2. The fourth-order valence-electron chi connectivity index (χ4n) is 3.58. The minimum absolute atomic E-state index is 0.170. The predicted octanol–water partition coefficient (Wildman–Crippen LogP) is 4.14. The van der Waals surface area contributed by atoms with Crippen molar-refractivity contribution in [3.8, 4) is 11.3 Å². The number of aromatic nitrogens is 3. The van der Waals surface area contributed by atoms with Crippen molar-refractivity contribution < 1.29 is 4.79 Å². The molecule has 4 rings (SSSR count). The average Bonchev–Trinajstić information content (AvgIpc) is 2.75. The van der Waals surface area contributed by atoms with Crippen molar-refractivity contribution in [3.63, 3.8) is 0 Å². The first-order valence-corrected chi connectivity index (χ1v) is 9.81. The first kappa shape index (κ1) is 18.6. The summed E-state index contributed by atoms with van der Waals surface area (Å²) < 4.78 is 0. The second-order valence-electron chi connectivity index (χ2n) is 7.03. The van der Waals surface area contributed by atoms with E-state index < -0.39 is 0 Å².